The molecule has 1 aliphatic rings. The maximum Gasteiger partial charge on any atom is 0.279 e. The molecule has 0 bridgehead atoms. The van der Waals surface area contributed by atoms with Crippen molar-refractivity contribution in [2.45, 2.75) is 53.5 Å². The van der Waals surface area contributed by atoms with Crippen molar-refractivity contribution in [1.82, 2.24) is 15.0 Å². The first-order chi connectivity index (χ1) is 14.1. The summed E-state index contributed by atoms with van der Waals surface area (Å²) in [5.41, 5.74) is 2.48. The van der Waals surface area contributed by atoms with Gasteiger partial charge in [-0.1, -0.05) is 43.7 Å². The van der Waals surface area contributed by atoms with Crippen LogP contribution in [0.3, 0.4) is 0 Å². The lowest BCUT2D eigenvalue weighted by Crippen LogP contribution is -2.31. The number of aryl methyl sites for hydroxylation is 1. The predicted octanol–water partition coefficient (Wildman–Crippen LogP) is 4.60. The molecule has 0 aliphatic heterocycles. The SMILES string of the molecule is Cc1c(Cl)cccc1NC(=O)Cn1nnc2sc3c(c2c1=O)CC[C@H](C(C)(C)C)C3. The molecule has 0 fully saturated rings. The number of hydrogen-bond acceptors (Lipinski definition) is 5. The first-order valence-corrected chi connectivity index (χ1v) is 11.3. The van der Waals surface area contributed by atoms with E-state index in [2.05, 4.69) is 36.4 Å². The lowest BCUT2D eigenvalue weighted by molar-refractivity contribution is -0.117. The molecule has 8 heteroatoms. The minimum absolute atomic E-state index is 0.192. The van der Waals surface area contributed by atoms with E-state index in [1.807, 2.05) is 6.92 Å². The van der Waals surface area contributed by atoms with E-state index >= 15 is 0 Å². The Kier molecular flexibility index (Phi) is 5.45. The van der Waals surface area contributed by atoms with Crippen LogP contribution < -0.4 is 10.9 Å². The van der Waals surface area contributed by atoms with E-state index in [0.29, 0.717) is 26.8 Å². The van der Waals surface area contributed by atoms with Crippen LogP contribution in [0.2, 0.25) is 5.02 Å². The second-order valence-corrected chi connectivity index (χ2v) is 10.5. The monoisotopic (exact) mass is 444 g/mol. The highest BCUT2D eigenvalue weighted by atomic mass is 35.5. The van der Waals surface area contributed by atoms with Gasteiger partial charge in [-0.2, -0.15) is 0 Å². The molecule has 0 saturated carbocycles. The normalized spacial score (nSPS) is 16.5. The number of hydrogen-bond donors (Lipinski definition) is 1. The molecule has 0 radical (unpaired) electrons. The molecule has 1 aromatic carbocycles. The van der Waals surface area contributed by atoms with Crippen molar-refractivity contribution in [3.63, 3.8) is 0 Å². The standard InChI is InChI=1S/C22H25ClN4O2S/c1-12-15(23)6-5-7-16(12)24-18(28)11-27-21(29)19-14-9-8-13(22(2,3)4)10-17(14)30-20(19)25-26-27/h5-7,13H,8-11H2,1-4H3,(H,24,28)/t13-/m0/s1. The molecule has 1 atom stereocenters. The number of aromatic nitrogens is 3. The van der Waals surface area contributed by atoms with Gasteiger partial charge in [0.05, 0.1) is 5.39 Å². The van der Waals surface area contributed by atoms with Gasteiger partial charge in [0.2, 0.25) is 5.91 Å². The quantitative estimate of drug-likeness (QED) is 0.640. The summed E-state index contributed by atoms with van der Waals surface area (Å²) in [6.45, 7) is 8.44. The summed E-state index contributed by atoms with van der Waals surface area (Å²) in [6, 6.07) is 5.31. The molecule has 4 rings (SSSR count). The fourth-order valence-electron chi connectivity index (χ4n) is 4.04. The number of anilines is 1. The van der Waals surface area contributed by atoms with Crippen LogP contribution in [0, 0.1) is 18.3 Å². The number of halogens is 1. The largest absolute Gasteiger partial charge is 0.324 e. The predicted molar refractivity (Wildman–Crippen MR) is 121 cm³/mol. The van der Waals surface area contributed by atoms with Crippen molar-refractivity contribution in [3.05, 3.63) is 49.6 Å². The van der Waals surface area contributed by atoms with Gasteiger partial charge in [0, 0.05) is 15.6 Å². The number of carbonyl (C=O) groups is 1. The Morgan fingerprint density at radius 2 is 2.13 bits per heavy atom. The maximum absolute atomic E-state index is 13.1. The summed E-state index contributed by atoms with van der Waals surface area (Å²) < 4.78 is 1.15. The van der Waals surface area contributed by atoms with Crippen LogP contribution in [-0.2, 0) is 24.2 Å². The molecule has 158 valence electrons. The van der Waals surface area contributed by atoms with Gasteiger partial charge < -0.3 is 5.32 Å². The first-order valence-electron chi connectivity index (χ1n) is 10.1. The van der Waals surface area contributed by atoms with Crippen LogP contribution in [0.15, 0.2) is 23.0 Å². The van der Waals surface area contributed by atoms with Crippen LogP contribution in [-0.4, -0.2) is 20.9 Å². The summed E-state index contributed by atoms with van der Waals surface area (Å²) in [6.07, 6.45) is 2.89. The molecule has 1 aliphatic carbocycles. The Morgan fingerprint density at radius 3 is 2.87 bits per heavy atom. The third-order valence-electron chi connectivity index (χ3n) is 6.00. The van der Waals surface area contributed by atoms with E-state index in [0.717, 1.165) is 35.1 Å². The maximum atomic E-state index is 13.1. The second kappa shape index (κ2) is 7.78. The minimum atomic E-state index is -0.340. The number of carbonyl (C=O) groups excluding carboxylic acids is 1. The van der Waals surface area contributed by atoms with Gasteiger partial charge in [0.15, 0.2) is 4.83 Å². The lowest BCUT2D eigenvalue weighted by Gasteiger charge is -2.33. The molecule has 0 spiro atoms. The van der Waals surface area contributed by atoms with Gasteiger partial charge in [-0.15, -0.1) is 16.4 Å². The van der Waals surface area contributed by atoms with Crippen LogP contribution >= 0.6 is 22.9 Å². The van der Waals surface area contributed by atoms with E-state index in [4.69, 9.17) is 11.6 Å². The van der Waals surface area contributed by atoms with Crippen molar-refractivity contribution in [2.24, 2.45) is 11.3 Å². The number of nitrogens with zero attached hydrogens (tertiary/aromatic N) is 3. The number of benzene rings is 1. The smallest absolute Gasteiger partial charge is 0.279 e. The van der Waals surface area contributed by atoms with Crippen molar-refractivity contribution >= 4 is 44.7 Å². The van der Waals surface area contributed by atoms with Crippen LogP contribution in [0.25, 0.3) is 10.2 Å². The molecular formula is C22H25ClN4O2S. The van der Waals surface area contributed by atoms with Gasteiger partial charge in [-0.05, 0) is 60.8 Å². The number of rotatable bonds is 3. The molecular weight excluding hydrogens is 420 g/mol. The molecule has 0 saturated heterocycles. The summed E-state index contributed by atoms with van der Waals surface area (Å²) in [5.74, 6) is 0.243. The highest BCUT2D eigenvalue weighted by Crippen LogP contribution is 2.41. The zero-order chi connectivity index (χ0) is 21.6. The zero-order valence-electron chi connectivity index (χ0n) is 17.6. The minimum Gasteiger partial charge on any atom is -0.324 e. The molecule has 30 heavy (non-hydrogen) atoms. The number of amides is 1. The molecule has 6 nitrogen and oxygen atoms in total. The Morgan fingerprint density at radius 1 is 1.37 bits per heavy atom. The summed E-state index contributed by atoms with van der Waals surface area (Å²) in [5, 5.41) is 12.3. The van der Waals surface area contributed by atoms with Gasteiger partial charge in [-0.25, -0.2) is 4.68 Å². The third-order valence-corrected chi connectivity index (χ3v) is 7.55. The van der Waals surface area contributed by atoms with Crippen molar-refractivity contribution in [3.8, 4) is 0 Å². The Hall–Kier alpha value is -2.25. The topological polar surface area (TPSA) is 76.9 Å². The molecule has 1 N–H and O–H groups in total. The van der Waals surface area contributed by atoms with Gasteiger partial charge in [0.25, 0.3) is 5.56 Å². The fourth-order valence-corrected chi connectivity index (χ4v) is 5.45. The van der Waals surface area contributed by atoms with E-state index in [1.54, 1.807) is 29.5 Å². The molecule has 0 unspecified atom stereocenters. The summed E-state index contributed by atoms with van der Waals surface area (Å²) in [4.78, 5) is 27.6. The van der Waals surface area contributed by atoms with Gasteiger partial charge in [0.1, 0.15) is 6.54 Å². The Bertz CT molecular complexity index is 1190. The van der Waals surface area contributed by atoms with Crippen molar-refractivity contribution < 1.29 is 4.79 Å². The first kappa shape index (κ1) is 21.0. The lowest BCUT2D eigenvalue weighted by atomic mass is 9.72. The Balaban J connectivity index is 1.61. The highest BCUT2D eigenvalue weighted by molar-refractivity contribution is 7.18. The van der Waals surface area contributed by atoms with E-state index in [-0.39, 0.29) is 23.4 Å². The number of nitrogens with one attached hydrogen (secondary N) is 1. The molecule has 2 aromatic heterocycles. The summed E-state index contributed by atoms with van der Waals surface area (Å²) in [7, 11) is 0. The van der Waals surface area contributed by atoms with E-state index in [9.17, 15) is 9.59 Å². The third kappa shape index (κ3) is 3.88. The molecule has 3 aromatic rings. The average molecular weight is 445 g/mol. The summed E-state index contributed by atoms with van der Waals surface area (Å²) >= 11 is 7.68. The van der Waals surface area contributed by atoms with Gasteiger partial charge >= 0.3 is 0 Å². The number of fused-ring (bicyclic) bond motifs is 3. The Labute approximate surface area is 184 Å². The van der Waals surface area contributed by atoms with Gasteiger partial charge in [-0.3, -0.25) is 9.59 Å². The van der Waals surface area contributed by atoms with Crippen LogP contribution in [0.5, 0.6) is 0 Å². The second-order valence-electron chi connectivity index (χ2n) is 9.00. The van der Waals surface area contributed by atoms with Crippen LogP contribution in [0.1, 0.15) is 43.2 Å². The van der Waals surface area contributed by atoms with Crippen molar-refractivity contribution in [2.75, 3.05) is 5.32 Å². The fraction of sp³-hybridized carbons (Fsp3) is 0.455. The number of thiophene rings is 1. The molecule has 2 heterocycles. The van der Waals surface area contributed by atoms with E-state index < -0.39 is 0 Å². The van der Waals surface area contributed by atoms with Crippen LogP contribution in [0.4, 0.5) is 5.69 Å². The average Bonchev–Trinajstić information content (AvgIpc) is 3.05. The highest BCUT2D eigenvalue weighted by Gasteiger charge is 2.32. The molecule has 1 amide bonds. The van der Waals surface area contributed by atoms with Crippen molar-refractivity contribution in [1.29, 1.82) is 0 Å². The van der Waals surface area contributed by atoms with E-state index in [1.165, 1.54) is 4.88 Å². The zero-order valence-corrected chi connectivity index (χ0v) is 19.2.